The predicted molar refractivity (Wildman–Crippen MR) is 131 cm³/mol. The van der Waals surface area contributed by atoms with E-state index in [1.165, 1.54) is 10.9 Å². The van der Waals surface area contributed by atoms with Crippen LogP contribution in [-0.4, -0.2) is 72.4 Å². The van der Waals surface area contributed by atoms with E-state index < -0.39 is 0 Å². The average molecular weight is 449 g/mol. The number of fused-ring (bicyclic) bond motifs is 1. The maximum Gasteiger partial charge on any atom is 0.260 e. The first-order chi connectivity index (χ1) is 16.1. The summed E-state index contributed by atoms with van der Waals surface area (Å²) in [5.74, 6) is 0.712. The number of oxime groups is 1. The highest BCUT2D eigenvalue weighted by molar-refractivity contribution is 6.00. The normalized spacial score (nSPS) is 15.1. The fraction of sp³-hybridized carbons (Fsp3) is 0.385. The summed E-state index contributed by atoms with van der Waals surface area (Å²) in [4.78, 5) is 22.1. The third-order valence-corrected chi connectivity index (χ3v) is 6.02. The van der Waals surface area contributed by atoms with E-state index in [9.17, 15) is 4.79 Å². The van der Waals surface area contributed by atoms with E-state index in [1.807, 2.05) is 41.3 Å². The summed E-state index contributed by atoms with van der Waals surface area (Å²) in [5.41, 5.74) is 3.07. The van der Waals surface area contributed by atoms with Gasteiger partial charge in [-0.05, 0) is 60.8 Å². The minimum Gasteiger partial charge on any atom is -0.484 e. The maximum atomic E-state index is 12.3. The second kappa shape index (κ2) is 11.0. The largest absolute Gasteiger partial charge is 0.484 e. The molecule has 0 atom stereocenters. The molecule has 1 amide bonds. The zero-order valence-electron chi connectivity index (χ0n) is 19.4. The molecule has 0 spiro atoms. The zero-order valence-corrected chi connectivity index (χ0v) is 19.4. The van der Waals surface area contributed by atoms with Crippen molar-refractivity contribution in [2.45, 2.75) is 19.9 Å². The van der Waals surface area contributed by atoms with Gasteiger partial charge in [0, 0.05) is 37.9 Å². The van der Waals surface area contributed by atoms with Crippen LogP contribution < -0.4 is 4.74 Å². The molecule has 0 aliphatic carbocycles. The molecule has 2 heterocycles. The topological polar surface area (TPSA) is 59.3 Å². The molecular weight excluding hydrogens is 416 g/mol. The summed E-state index contributed by atoms with van der Waals surface area (Å²) in [5, 5.41) is 5.59. The van der Waals surface area contributed by atoms with E-state index in [2.05, 4.69) is 53.0 Å². The molecule has 7 nitrogen and oxygen atoms in total. The molecule has 2 aromatic carbocycles. The summed E-state index contributed by atoms with van der Waals surface area (Å²) >= 11 is 0. The van der Waals surface area contributed by atoms with E-state index in [4.69, 9.17) is 9.57 Å². The number of para-hydroxylation sites is 1. The van der Waals surface area contributed by atoms with Crippen LogP contribution in [-0.2, 0) is 16.2 Å². The SMILES string of the molecule is CCC(=NOCCn1ccc2ccccc21)c1ccc(OCC(=O)N2CCN(C)CC2)cc1. The lowest BCUT2D eigenvalue weighted by molar-refractivity contribution is -0.134. The number of carbonyl (C=O) groups excluding carboxylic acids is 1. The highest BCUT2D eigenvalue weighted by Crippen LogP contribution is 2.16. The minimum atomic E-state index is 0.0341. The van der Waals surface area contributed by atoms with Gasteiger partial charge in [-0.15, -0.1) is 0 Å². The van der Waals surface area contributed by atoms with Crippen molar-refractivity contribution in [3.63, 3.8) is 0 Å². The number of hydrogen-bond donors (Lipinski definition) is 0. The number of carbonyl (C=O) groups is 1. The molecule has 0 saturated carbocycles. The lowest BCUT2D eigenvalue weighted by Gasteiger charge is -2.32. The second-order valence-corrected chi connectivity index (χ2v) is 8.29. The van der Waals surface area contributed by atoms with Crippen molar-refractivity contribution in [1.82, 2.24) is 14.4 Å². The molecule has 4 rings (SSSR count). The first-order valence-corrected chi connectivity index (χ1v) is 11.6. The quantitative estimate of drug-likeness (QED) is 0.285. The molecule has 0 unspecified atom stereocenters. The molecule has 1 aromatic heterocycles. The number of ether oxygens (including phenoxy) is 1. The average Bonchev–Trinajstić information content (AvgIpc) is 3.26. The van der Waals surface area contributed by atoms with E-state index in [0.29, 0.717) is 12.4 Å². The Labute approximate surface area is 195 Å². The van der Waals surface area contributed by atoms with Crippen molar-refractivity contribution in [3.05, 3.63) is 66.4 Å². The van der Waals surface area contributed by atoms with Gasteiger partial charge in [-0.1, -0.05) is 30.3 Å². The first-order valence-electron chi connectivity index (χ1n) is 11.6. The Bertz CT molecular complexity index is 1080. The number of nitrogens with zero attached hydrogens (tertiary/aromatic N) is 4. The number of piperazine rings is 1. The molecule has 3 aromatic rings. The Morgan fingerprint density at radius 2 is 1.76 bits per heavy atom. The van der Waals surface area contributed by atoms with Crippen molar-refractivity contribution in [3.8, 4) is 5.75 Å². The fourth-order valence-corrected chi connectivity index (χ4v) is 3.96. The van der Waals surface area contributed by atoms with Gasteiger partial charge in [0.25, 0.3) is 5.91 Å². The Morgan fingerprint density at radius 3 is 2.52 bits per heavy atom. The summed E-state index contributed by atoms with van der Waals surface area (Å²) < 4.78 is 7.89. The molecule has 33 heavy (non-hydrogen) atoms. The maximum absolute atomic E-state index is 12.3. The molecule has 1 saturated heterocycles. The number of aromatic nitrogens is 1. The minimum absolute atomic E-state index is 0.0341. The Kier molecular flexibility index (Phi) is 7.62. The zero-order chi connectivity index (χ0) is 23.0. The third-order valence-electron chi connectivity index (χ3n) is 6.02. The van der Waals surface area contributed by atoms with E-state index in [-0.39, 0.29) is 12.5 Å². The number of likely N-dealkylation sites (N-methyl/N-ethyl adjacent to an activating group) is 1. The van der Waals surface area contributed by atoms with Crippen molar-refractivity contribution in [1.29, 1.82) is 0 Å². The summed E-state index contributed by atoms with van der Waals surface area (Å²) in [6.45, 7) is 6.69. The van der Waals surface area contributed by atoms with Gasteiger partial charge >= 0.3 is 0 Å². The Balaban J connectivity index is 1.26. The van der Waals surface area contributed by atoms with Crippen LogP contribution in [0.15, 0.2) is 65.9 Å². The molecule has 0 bridgehead atoms. The molecule has 1 aliphatic heterocycles. The molecule has 174 valence electrons. The predicted octanol–water partition coefficient (Wildman–Crippen LogP) is 3.63. The first kappa shape index (κ1) is 22.9. The molecular formula is C26H32N4O3. The van der Waals surface area contributed by atoms with Gasteiger partial charge in [-0.2, -0.15) is 0 Å². The number of rotatable bonds is 9. The van der Waals surface area contributed by atoms with Crippen LogP contribution in [0.25, 0.3) is 10.9 Å². The highest BCUT2D eigenvalue weighted by atomic mass is 16.6. The number of amides is 1. The Hall–Kier alpha value is -3.32. The summed E-state index contributed by atoms with van der Waals surface area (Å²) in [7, 11) is 2.07. The van der Waals surface area contributed by atoms with Crippen molar-refractivity contribution in [2.75, 3.05) is 46.4 Å². The lowest BCUT2D eigenvalue weighted by Crippen LogP contribution is -2.48. The van der Waals surface area contributed by atoms with Gasteiger partial charge in [-0.25, -0.2) is 0 Å². The van der Waals surface area contributed by atoms with Crippen molar-refractivity contribution >= 4 is 22.5 Å². The smallest absolute Gasteiger partial charge is 0.260 e. The van der Waals surface area contributed by atoms with E-state index >= 15 is 0 Å². The molecule has 0 radical (unpaired) electrons. The van der Waals surface area contributed by atoms with Gasteiger partial charge in [0.1, 0.15) is 12.4 Å². The molecule has 1 fully saturated rings. The lowest BCUT2D eigenvalue weighted by atomic mass is 10.1. The fourth-order valence-electron chi connectivity index (χ4n) is 3.96. The monoisotopic (exact) mass is 448 g/mol. The molecule has 0 N–H and O–H groups in total. The van der Waals surface area contributed by atoms with Crippen LogP contribution in [0, 0.1) is 0 Å². The standard InChI is InChI=1S/C26H32N4O3/c1-3-24(27-33-19-18-29-13-12-22-6-4-5-7-25(22)29)21-8-10-23(11-9-21)32-20-26(31)30-16-14-28(2)15-17-30/h4-13H,3,14-20H2,1-2H3. The molecule has 7 heteroatoms. The molecule has 1 aliphatic rings. The highest BCUT2D eigenvalue weighted by Gasteiger charge is 2.19. The van der Waals surface area contributed by atoms with Crippen LogP contribution in [0.3, 0.4) is 0 Å². The summed E-state index contributed by atoms with van der Waals surface area (Å²) in [6, 6.07) is 18.1. The van der Waals surface area contributed by atoms with Crippen LogP contribution >= 0.6 is 0 Å². The Morgan fingerprint density at radius 1 is 1.00 bits per heavy atom. The number of benzene rings is 2. The van der Waals surface area contributed by atoms with E-state index in [0.717, 1.165) is 50.4 Å². The van der Waals surface area contributed by atoms with Gasteiger partial charge in [0.15, 0.2) is 6.61 Å². The second-order valence-electron chi connectivity index (χ2n) is 8.29. The van der Waals surface area contributed by atoms with Crippen molar-refractivity contribution in [2.24, 2.45) is 5.16 Å². The van der Waals surface area contributed by atoms with Gasteiger partial charge in [-0.3, -0.25) is 4.79 Å². The summed E-state index contributed by atoms with van der Waals surface area (Å²) in [6.07, 6.45) is 2.83. The third kappa shape index (κ3) is 5.93. The van der Waals surface area contributed by atoms with Gasteiger partial charge in [0.05, 0.1) is 12.3 Å². The van der Waals surface area contributed by atoms with Crippen LogP contribution in [0.5, 0.6) is 5.75 Å². The van der Waals surface area contributed by atoms with Crippen LogP contribution in [0.1, 0.15) is 18.9 Å². The van der Waals surface area contributed by atoms with Gasteiger partial charge in [0.2, 0.25) is 0 Å². The van der Waals surface area contributed by atoms with Crippen LogP contribution in [0.4, 0.5) is 0 Å². The van der Waals surface area contributed by atoms with Crippen molar-refractivity contribution < 1.29 is 14.4 Å². The number of hydrogen-bond acceptors (Lipinski definition) is 5. The van der Waals surface area contributed by atoms with E-state index in [1.54, 1.807) is 0 Å². The van der Waals surface area contributed by atoms with Crippen LogP contribution in [0.2, 0.25) is 0 Å². The van der Waals surface area contributed by atoms with Gasteiger partial charge < -0.3 is 23.9 Å².